The molecule has 0 saturated heterocycles. The van der Waals surface area contributed by atoms with Crippen molar-refractivity contribution < 1.29 is 8.42 Å². The van der Waals surface area contributed by atoms with Crippen LogP contribution in [0.5, 0.6) is 0 Å². The molecule has 2 nitrogen and oxygen atoms in total. The van der Waals surface area contributed by atoms with Gasteiger partial charge in [0, 0.05) is 12.5 Å². The third-order valence-corrected chi connectivity index (χ3v) is 0. The number of hydrogen-bond donors (Lipinski definition) is 0. The summed E-state index contributed by atoms with van der Waals surface area (Å²) in [6, 6.07) is 0. The molecule has 0 aliphatic carbocycles. The topological polar surface area (TPSA) is 34.1 Å². The first-order chi connectivity index (χ1) is 3.73. The van der Waals surface area contributed by atoms with Crippen LogP contribution >= 0.6 is 0 Å². The van der Waals surface area contributed by atoms with Crippen LogP contribution in [0.15, 0.2) is 12.2 Å². The zero-order valence-electron chi connectivity index (χ0n) is 6.43. The van der Waals surface area contributed by atoms with Gasteiger partial charge in [0.1, 0.15) is 9.84 Å². The van der Waals surface area contributed by atoms with E-state index in [9.17, 15) is 8.42 Å². The lowest BCUT2D eigenvalue weighted by atomic mass is 10.4. The molecule has 0 spiro atoms. The van der Waals surface area contributed by atoms with Gasteiger partial charge < -0.3 is 0 Å². The molecule has 10 heavy (non-hydrogen) atoms. The molecule has 0 saturated carbocycles. The van der Waals surface area contributed by atoms with Gasteiger partial charge in [-0.1, -0.05) is 13.0 Å². The van der Waals surface area contributed by atoms with Crippen molar-refractivity contribution in [3.8, 4) is 0 Å². The van der Waals surface area contributed by atoms with Crippen LogP contribution in [0.4, 0.5) is 0 Å². The molecule has 0 radical (unpaired) electrons. The highest BCUT2D eigenvalue weighted by atomic mass is 32.2. The molecular weight excluding hydrogens is 148 g/mol. The Labute approximate surface area is 64.9 Å². The van der Waals surface area contributed by atoms with E-state index >= 15 is 0 Å². The van der Waals surface area contributed by atoms with Crippen LogP contribution in [0, 0.1) is 0 Å². The molecule has 0 aliphatic heterocycles. The fourth-order valence-corrected chi connectivity index (χ4v) is 0. The molecule has 64 valence electrons. The third-order valence-electron chi connectivity index (χ3n) is 0. The van der Waals surface area contributed by atoms with Gasteiger partial charge in [0.2, 0.25) is 0 Å². The Morgan fingerprint density at radius 2 is 1.20 bits per heavy atom. The maximum absolute atomic E-state index is 9.63. The first-order valence-electron chi connectivity index (χ1n) is 2.50. The van der Waals surface area contributed by atoms with Gasteiger partial charge in [-0.25, -0.2) is 8.42 Å². The summed E-state index contributed by atoms with van der Waals surface area (Å²) in [5, 5.41) is 0. The minimum Gasteiger partial charge on any atom is -0.229 e. The SMILES string of the molecule is C.C=C(C)C.CS(C)(=O)=O. The number of allylic oxidation sites excluding steroid dienone is 1. The molecule has 0 aliphatic rings. The monoisotopic (exact) mass is 166 g/mol. The van der Waals surface area contributed by atoms with E-state index < -0.39 is 9.84 Å². The molecule has 0 bridgehead atoms. The Bertz CT molecular complexity index is 154. The summed E-state index contributed by atoms with van der Waals surface area (Å²) in [6.45, 7) is 7.50. The van der Waals surface area contributed by atoms with E-state index in [0.29, 0.717) is 0 Å². The van der Waals surface area contributed by atoms with Crippen LogP contribution in [0.25, 0.3) is 0 Å². The highest BCUT2D eigenvalue weighted by molar-refractivity contribution is 7.89. The third kappa shape index (κ3) is 3580. The van der Waals surface area contributed by atoms with E-state index in [1.165, 1.54) is 5.57 Å². The second kappa shape index (κ2) is 6.81. The van der Waals surface area contributed by atoms with Crippen LogP contribution < -0.4 is 0 Å². The Hall–Kier alpha value is -0.310. The van der Waals surface area contributed by atoms with Crippen molar-refractivity contribution in [2.24, 2.45) is 0 Å². The number of rotatable bonds is 0. The zero-order valence-corrected chi connectivity index (χ0v) is 7.25. The lowest BCUT2D eigenvalue weighted by Gasteiger charge is -1.69. The van der Waals surface area contributed by atoms with E-state index in [1.54, 1.807) is 0 Å². The van der Waals surface area contributed by atoms with Crippen molar-refractivity contribution in [3.63, 3.8) is 0 Å². The van der Waals surface area contributed by atoms with Crippen molar-refractivity contribution in [1.82, 2.24) is 0 Å². The average molecular weight is 166 g/mol. The first kappa shape index (κ1) is 16.3. The predicted octanol–water partition coefficient (Wildman–Crippen LogP) is 1.88. The summed E-state index contributed by atoms with van der Waals surface area (Å²) in [6.07, 6.45) is 2.32. The predicted molar refractivity (Wildman–Crippen MR) is 48.0 cm³/mol. The van der Waals surface area contributed by atoms with Crippen LogP contribution in [0.3, 0.4) is 0 Å². The van der Waals surface area contributed by atoms with Gasteiger partial charge in [-0.15, -0.1) is 6.58 Å². The maximum Gasteiger partial charge on any atom is 0.144 e. The molecule has 0 amide bonds. The summed E-state index contributed by atoms with van der Waals surface area (Å²) in [5.41, 5.74) is 1.17. The average Bonchev–Trinajstić information content (AvgIpc) is 1.19. The smallest absolute Gasteiger partial charge is 0.144 e. The van der Waals surface area contributed by atoms with Crippen LogP contribution in [-0.4, -0.2) is 20.9 Å². The summed E-state index contributed by atoms with van der Waals surface area (Å²) >= 11 is 0. The van der Waals surface area contributed by atoms with E-state index in [4.69, 9.17) is 0 Å². The lowest BCUT2D eigenvalue weighted by molar-refractivity contribution is 0.607. The molecule has 0 aromatic heterocycles. The van der Waals surface area contributed by atoms with Crippen molar-refractivity contribution in [1.29, 1.82) is 0 Å². The largest absolute Gasteiger partial charge is 0.229 e. The van der Waals surface area contributed by atoms with Crippen molar-refractivity contribution in [2.75, 3.05) is 12.5 Å². The maximum atomic E-state index is 9.63. The summed E-state index contributed by atoms with van der Waals surface area (Å²) in [4.78, 5) is 0. The fraction of sp³-hybridized carbons (Fsp3) is 0.714. The van der Waals surface area contributed by atoms with Gasteiger partial charge in [0.25, 0.3) is 0 Å². The van der Waals surface area contributed by atoms with Crippen LogP contribution in [0.2, 0.25) is 0 Å². The molecule has 0 aromatic rings. The normalized spacial score (nSPS) is 8.40. The molecule has 0 heterocycles. The minimum atomic E-state index is -2.67. The number of sulfone groups is 1. The minimum absolute atomic E-state index is 0. The summed E-state index contributed by atoms with van der Waals surface area (Å²) in [7, 11) is -2.67. The van der Waals surface area contributed by atoms with Gasteiger partial charge >= 0.3 is 0 Å². The van der Waals surface area contributed by atoms with E-state index in [2.05, 4.69) is 6.58 Å². The lowest BCUT2D eigenvalue weighted by Crippen LogP contribution is -1.86. The molecule has 0 aromatic carbocycles. The Kier molecular flexibility index (Phi) is 11.1. The van der Waals surface area contributed by atoms with Crippen molar-refractivity contribution >= 4 is 9.84 Å². The standard InChI is InChI=1S/C4H8.C2H6O2S.CH4/c1-4(2)3;1-5(2,3)4;/h1H2,2-3H3;1-2H3;1H4. The zero-order chi connectivity index (χ0) is 8.08. The van der Waals surface area contributed by atoms with E-state index in [-0.39, 0.29) is 7.43 Å². The van der Waals surface area contributed by atoms with Gasteiger partial charge in [0.15, 0.2) is 0 Å². The second-order valence-electron chi connectivity index (χ2n) is 2.35. The Morgan fingerprint density at radius 3 is 1.20 bits per heavy atom. The van der Waals surface area contributed by atoms with Gasteiger partial charge in [-0.05, 0) is 13.8 Å². The van der Waals surface area contributed by atoms with Crippen LogP contribution in [-0.2, 0) is 9.84 Å². The van der Waals surface area contributed by atoms with Gasteiger partial charge in [-0.3, -0.25) is 0 Å². The molecular formula is C7H18O2S. The quantitative estimate of drug-likeness (QED) is 0.515. The van der Waals surface area contributed by atoms with Gasteiger partial charge in [0.05, 0.1) is 0 Å². The highest BCUT2D eigenvalue weighted by Gasteiger charge is 1.79. The van der Waals surface area contributed by atoms with Gasteiger partial charge in [-0.2, -0.15) is 0 Å². The first-order valence-corrected chi connectivity index (χ1v) is 4.80. The molecule has 3 heteroatoms. The summed E-state index contributed by atoms with van der Waals surface area (Å²) in [5.74, 6) is 0. The molecule has 0 N–H and O–H groups in total. The Balaban J connectivity index is -0.0000000910. The molecule has 0 rings (SSSR count). The molecule has 0 fully saturated rings. The van der Waals surface area contributed by atoms with E-state index in [0.717, 1.165) is 12.5 Å². The van der Waals surface area contributed by atoms with Crippen molar-refractivity contribution in [2.45, 2.75) is 21.3 Å². The van der Waals surface area contributed by atoms with Crippen LogP contribution in [0.1, 0.15) is 21.3 Å². The Morgan fingerprint density at radius 1 is 1.20 bits per heavy atom. The summed E-state index contributed by atoms with van der Waals surface area (Å²) < 4.78 is 19.3. The van der Waals surface area contributed by atoms with Crippen molar-refractivity contribution in [3.05, 3.63) is 12.2 Å². The molecule has 0 unspecified atom stereocenters. The highest BCUT2D eigenvalue weighted by Crippen LogP contribution is 1.73. The van der Waals surface area contributed by atoms with E-state index in [1.807, 2.05) is 13.8 Å². The number of hydrogen-bond acceptors (Lipinski definition) is 2. The molecule has 0 atom stereocenters. The second-order valence-corrected chi connectivity index (χ2v) is 4.64. The fourth-order valence-electron chi connectivity index (χ4n) is 0.